The van der Waals surface area contributed by atoms with Crippen LogP contribution in [0.5, 0.6) is 28.7 Å². The summed E-state index contributed by atoms with van der Waals surface area (Å²) in [5.41, 5.74) is 0.0176. The van der Waals surface area contributed by atoms with Crippen LogP contribution in [0.4, 0.5) is 0 Å². The zero-order valence-corrected chi connectivity index (χ0v) is 13.8. The molecule has 0 aliphatic rings. The maximum atomic E-state index is 12.5. The number of hydrogen-bond donors (Lipinski definition) is 2. The van der Waals surface area contributed by atoms with Crippen molar-refractivity contribution in [1.82, 2.24) is 0 Å². The molecule has 25 heavy (non-hydrogen) atoms. The summed E-state index contributed by atoms with van der Waals surface area (Å²) in [7, 11) is 4.38. The van der Waals surface area contributed by atoms with Gasteiger partial charge in [-0.05, 0) is 17.7 Å². The maximum absolute atomic E-state index is 12.5. The van der Waals surface area contributed by atoms with Crippen molar-refractivity contribution < 1.29 is 28.8 Å². The number of benzene rings is 2. The van der Waals surface area contributed by atoms with Gasteiger partial charge >= 0.3 is 5.63 Å². The summed E-state index contributed by atoms with van der Waals surface area (Å²) in [5, 5.41) is 19.7. The van der Waals surface area contributed by atoms with E-state index in [0.717, 1.165) is 0 Å². The molecule has 0 aliphatic carbocycles. The Morgan fingerprint density at radius 3 is 2.28 bits per heavy atom. The highest BCUT2D eigenvalue weighted by Crippen LogP contribution is 2.42. The number of fused-ring (bicyclic) bond motifs is 1. The molecular weight excluding hydrogens is 328 g/mol. The van der Waals surface area contributed by atoms with Crippen molar-refractivity contribution in [3.8, 4) is 39.9 Å². The van der Waals surface area contributed by atoms with Crippen molar-refractivity contribution >= 4 is 11.0 Å². The molecule has 0 aliphatic heterocycles. The predicted octanol–water partition coefficient (Wildman–Crippen LogP) is 2.90. The highest BCUT2D eigenvalue weighted by atomic mass is 16.5. The number of methoxy groups -OCH3 is 3. The fourth-order valence-corrected chi connectivity index (χ4v) is 2.65. The Kier molecular flexibility index (Phi) is 4.14. The summed E-state index contributed by atoms with van der Waals surface area (Å²) in [5.74, 6) is 0.440. The van der Waals surface area contributed by atoms with Crippen LogP contribution in [-0.2, 0) is 0 Å². The van der Waals surface area contributed by atoms with Gasteiger partial charge < -0.3 is 28.8 Å². The first-order valence-electron chi connectivity index (χ1n) is 7.29. The topological polar surface area (TPSA) is 98.4 Å². The van der Waals surface area contributed by atoms with Crippen LogP contribution in [0.25, 0.3) is 22.1 Å². The van der Waals surface area contributed by atoms with E-state index in [2.05, 4.69) is 0 Å². The van der Waals surface area contributed by atoms with Gasteiger partial charge in [-0.25, -0.2) is 4.79 Å². The van der Waals surface area contributed by atoms with Crippen molar-refractivity contribution in [1.29, 1.82) is 0 Å². The number of aromatic hydroxyl groups is 2. The number of phenolic OH excluding ortho intramolecular Hbond substituents is 2. The molecule has 2 aromatic carbocycles. The summed E-state index contributed by atoms with van der Waals surface area (Å²) in [6, 6.07) is 7.21. The summed E-state index contributed by atoms with van der Waals surface area (Å²) < 4.78 is 21.4. The number of ether oxygens (including phenoxy) is 3. The van der Waals surface area contributed by atoms with E-state index in [1.807, 2.05) is 0 Å². The molecule has 0 spiro atoms. The summed E-state index contributed by atoms with van der Waals surface area (Å²) >= 11 is 0. The van der Waals surface area contributed by atoms with Crippen LogP contribution in [0.3, 0.4) is 0 Å². The SMILES string of the molecule is COc1cc(OC)c2c(OC)c(-c3ccc(O)c(O)c3)c(=O)oc2c1. The van der Waals surface area contributed by atoms with Gasteiger partial charge in [0.05, 0.1) is 21.3 Å². The fourth-order valence-electron chi connectivity index (χ4n) is 2.65. The molecule has 0 unspecified atom stereocenters. The van der Waals surface area contributed by atoms with E-state index in [1.54, 1.807) is 12.1 Å². The lowest BCUT2D eigenvalue weighted by atomic mass is 10.0. The molecule has 7 nitrogen and oxygen atoms in total. The first kappa shape index (κ1) is 16.5. The molecule has 1 heterocycles. The van der Waals surface area contributed by atoms with Gasteiger partial charge in [0.2, 0.25) is 0 Å². The van der Waals surface area contributed by atoms with Crippen molar-refractivity contribution in [3.05, 3.63) is 40.8 Å². The smallest absolute Gasteiger partial charge is 0.348 e. The predicted molar refractivity (Wildman–Crippen MR) is 90.9 cm³/mol. The lowest BCUT2D eigenvalue weighted by molar-refractivity contribution is 0.388. The first-order chi connectivity index (χ1) is 12.0. The molecule has 0 radical (unpaired) electrons. The Hall–Kier alpha value is -3.35. The lowest BCUT2D eigenvalue weighted by Gasteiger charge is -2.14. The Morgan fingerprint density at radius 1 is 0.920 bits per heavy atom. The number of rotatable bonds is 4. The number of phenols is 2. The van der Waals surface area contributed by atoms with E-state index in [9.17, 15) is 15.0 Å². The second kappa shape index (κ2) is 6.27. The minimum atomic E-state index is -0.662. The number of hydrogen-bond acceptors (Lipinski definition) is 7. The minimum absolute atomic E-state index is 0.105. The molecule has 130 valence electrons. The van der Waals surface area contributed by atoms with Crippen molar-refractivity contribution in [2.24, 2.45) is 0 Å². The summed E-state index contributed by atoms with van der Waals surface area (Å²) in [4.78, 5) is 12.5. The van der Waals surface area contributed by atoms with Gasteiger partial charge in [-0.15, -0.1) is 0 Å². The molecule has 0 saturated carbocycles. The van der Waals surface area contributed by atoms with E-state index in [4.69, 9.17) is 18.6 Å². The summed E-state index contributed by atoms with van der Waals surface area (Å²) in [6.07, 6.45) is 0. The molecule has 0 fully saturated rings. The molecule has 7 heteroatoms. The maximum Gasteiger partial charge on any atom is 0.348 e. The normalized spacial score (nSPS) is 10.7. The van der Waals surface area contributed by atoms with Crippen LogP contribution in [0.1, 0.15) is 0 Å². The fraction of sp³-hybridized carbons (Fsp3) is 0.167. The van der Waals surface area contributed by atoms with Crippen LogP contribution in [0.15, 0.2) is 39.5 Å². The second-order valence-electron chi connectivity index (χ2n) is 5.20. The van der Waals surface area contributed by atoms with Gasteiger partial charge in [0.15, 0.2) is 11.5 Å². The van der Waals surface area contributed by atoms with Gasteiger partial charge in [-0.2, -0.15) is 0 Å². The molecule has 1 aromatic heterocycles. The molecule has 3 rings (SSSR count). The van der Waals surface area contributed by atoms with Crippen LogP contribution < -0.4 is 19.8 Å². The third-order valence-electron chi connectivity index (χ3n) is 3.82. The monoisotopic (exact) mass is 344 g/mol. The average molecular weight is 344 g/mol. The van der Waals surface area contributed by atoms with Crippen LogP contribution in [0.2, 0.25) is 0 Å². The molecule has 2 N–H and O–H groups in total. The van der Waals surface area contributed by atoms with Gasteiger partial charge in [0.25, 0.3) is 0 Å². The second-order valence-corrected chi connectivity index (χ2v) is 5.20. The van der Waals surface area contributed by atoms with Gasteiger partial charge in [-0.3, -0.25) is 0 Å². The van der Waals surface area contributed by atoms with E-state index >= 15 is 0 Å². The van der Waals surface area contributed by atoms with Crippen LogP contribution >= 0.6 is 0 Å². The average Bonchev–Trinajstić information content (AvgIpc) is 2.61. The molecule has 0 atom stereocenters. The third kappa shape index (κ3) is 2.69. The van der Waals surface area contributed by atoms with Gasteiger partial charge in [0.1, 0.15) is 33.8 Å². The van der Waals surface area contributed by atoms with Crippen molar-refractivity contribution in [3.63, 3.8) is 0 Å². The van der Waals surface area contributed by atoms with Gasteiger partial charge in [0, 0.05) is 12.1 Å². The quantitative estimate of drug-likeness (QED) is 0.554. The third-order valence-corrected chi connectivity index (χ3v) is 3.82. The highest BCUT2D eigenvalue weighted by molar-refractivity contribution is 5.96. The Balaban J connectivity index is 2.42. The van der Waals surface area contributed by atoms with E-state index < -0.39 is 5.63 Å². The van der Waals surface area contributed by atoms with Crippen LogP contribution in [0, 0.1) is 0 Å². The highest BCUT2D eigenvalue weighted by Gasteiger charge is 2.22. The van der Waals surface area contributed by atoms with Gasteiger partial charge in [-0.1, -0.05) is 6.07 Å². The first-order valence-corrected chi connectivity index (χ1v) is 7.29. The Bertz CT molecular complexity index is 1000. The lowest BCUT2D eigenvalue weighted by Crippen LogP contribution is -2.07. The van der Waals surface area contributed by atoms with E-state index in [1.165, 1.54) is 39.5 Å². The van der Waals surface area contributed by atoms with Crippen molar-refractivity contribution in [2.45, 2.75) is 0 Å². The molecular formula is C18H16O7. The summed E-state index contributed by atoms with van der Waals surface area (Å²) in [6.45, 7) is 0. The van der Waals surface area contributed by atoms with E-state index in [-0.39, 0.29) is 28.4 Å². The Labute approximate surface area is 142 Å². The standard InChI is InChI=1S/C18H16O7/c1-22-10-7-13(23-2)16-14(8-10)25-18(21)15(17(16)24-3)9-4-5-11(19)12(20)6-9/h4-8,19-20H,1-3H3. The Morgan fingerprint density at radius 2 is 1.68 bits per heavy atom. The zero-order valence-electron chi connectivity index (χ0n) is 13.8. The van der Waals surface area contributed by atoms with Crippen LogP contribution in [-0.4, -0.2) is 31.5 Å². The molecule has 0 saturated heterocycles. The molecule has 0 bridgehead atoms. The molecule has 0 amide bonds. The zero-order chi connectivity index (χ0) is 18.1. The van der Waals surface area contributed by atoms with Crippen molar-refractivity contribution in [2.75, 3.05) is 21.3 Å². The minimum Gasteiger partial charge on any atom is -0.504 e. The largest absolute Gasteiger partial charge is 0.504 e. The van der Waals surface area contributed by atoms with E-state index in [0.29, 0.717) is 22.4 Å². The molecule has 3 aromatic rings.